The second kappa shape index (κ2) is 3.74. The van der Waals surface area contributed by atoms with Crippen molar-refractivity contribution in [3.05, 3.63) is 0 Å². The Kier molecular flexibility index (Phi) is 2.85. The van der Waals surface area contributed by atoms with Crippen molar-refractivity contribution in [2.24, 2.45) is 0 Å². The maximum Gasteiger partial charge on any atom is 0.135 e. The summed E-state index contributed by atoms with van der Waals surface area (Å²) in [6.07, 6.45) is 4.17. The molecule has 2 heterocycles. The minimum absolute atomic E-state index is 0.486. The van der Waals surface area contributed by atoms with Crippen LogP contribution in [0.3, 0.4) is 0 Å². The number of quaternary nitrogens is 1. The molecular formula is C13H27N2+. The fourth-order valence-corrected chi connectivity index (χ4v) is 3.48. The van der Waals surface area contributed by atoms with E-state index in [4.69, 9.17) is 0 Å². The van der Waals surface area contributed by atoms with E-state index in [1.807, 2.05) is 0 Å². The molecule has 0 aromatic rings. The second-order valence-corrected chi connectivity index (χ2v) is 6.26. The number of rotatable bonds is 2. The van der Waals surface area contributed by atoms with E-state index in [1.54, 1.807) is 0 Å². The quantitative estimate of drug-likeness (QED) is 0.634. The van der Waals surface area contributed by atoms with E-state index in [0.717, 1.165) is 6.04 Å². The third kappa shape index (κ3) is 1.72. The Morgan fingerprint density at radius 3 is 2.40 bits per heavy atom. The van der Waals surface area contributed by atoms with E-state index in [2.05, 4.69) is 32.6 Å². The summed E-state index contributed by atoms with van der Waals surface area (Å²) >= 11 is 0. The van der Waals surface area contributed by atoms with E-state index in [-0.39, 0.29) is 0 Å². The van der Waals surface area contributed by atoms with Gasteiger partial charge >= 0.3 is 0 Å². The van der Waals surface area contributed by atoms with Crippen LogP contribution in [0, 0.1) is 0 Å². The van der Waals surface area contributed by atoms with Gasteiger partial charge in [0.15, 0.2) is 0 Å². The first kappa shape index (κ1) is 11.4. The lowest BCUT2D eigenvalue weighted by Crippen LogP contribution is -2.56. The van der Waals surface area contributed by atoms with Crippen molar-refractivity contribution in [2.45, 2.75) is 58.5 Å². The molecule has 0 aromatic heterocycles. The molecule has 2 rings (SSSR count). The molecule has 0 bridgehead atoms. The fraction of sp³-hybridized carbons (Fsp3) is 1.00. The zero-order chi connectivity index (χ0) is 11.1. The van der Waals surface area contributed by atoms with Crippen molar-refractivity contribution in [1.82, 2.24) is 4.90 Å². The molecule has 0 aromatic carbocycles. The van der Waals surface area contributed by atoms with Crippen LogP contribution in [0.15, 0.2) is 0 Å². The largest absolute Gasteiger partial charge is 0.306 e. The molecule has 2 heteroatoms. The third-order valence-electron chi connectivity index (χ3n) is 4.96. The molecule has 0 radical (unpaired) electrons. The van der Waals surface area contributed by atoms with Gasteiger partial charge in [-0.3, -0.25) is 0 Å². The molecule has 2 aliphatic heterocycles. The smallest absolute Gasteiger partial charge is 0.135 e. The van der Waals surface area contributed by atoms with Gasteiger partial charge in [0.1, 0.15) is 12.2 Å². The molecule has 88 valence electrons. The summed E-state index contributed by atoms with van der Waals surface area (Å²) in [6, 6.07) is 0.766. The lowest BCUT2D eigenvalue weighted by molar-refractivity contribution is -0.952. The summed E-state index contributed by atoms with van der Waals surface area (Å²) in [6.45, 7) is 15.1. The highest BCUT2D eigenvalue weighted by molar-refractivity contribution is 4.85. The van der Waals surface area contributed by atoms with Crippen LogP contribution in [0.1, 0.15) is 47.0 Å². The second-order valence-electron chi connectivity index (χ2n) is 6.26. The van der Waals surface area contributed by atoms with Gasteiger partial charge in [-0.1, -0.05) is 6.92 Å². The Hall–Kier alpha value is -0.0800. The molecule has 2 aliphatic rings. The average Bonchev–Trinajstić information content (AvgIpc) is 2.74. The summed E-state index contributed by atoms with van der Waals surface area (Å²) in [5, 5.41) is 0. The summed E-state index contributed by atoms with van der Waals surface area (Å²) < 4.78 is 1.37. The van der Waals surface area contributed by atoms with E-state index in [0.29, 0.717) is 5.54 Å². The molecule has 2 nitrogen and oxygen atoms in total. The van der Waals surface area contributed by atoms with Crippen molar-refractivity contribution >= 4 is 0 Å². The van der Waals surface area contributed by atoms with E-state index >= 15 is 0 Å². The van der Waals surface area contributed by atoms with Crippen LogP contribution < -0.4 is 0 Å². The lowest BCUT2D eigenvalue weighted by Gasteiger charge is -2.40. The first-order valence-electron chi connectivity index (χ1n) is 6.61. The first-order chi connectivity index (χ1) is 7.01. The molecule has 0 aliphatic carbocycles. The highest BCUT2D eigenvalue weighted by Crippen LogP contribution is 2.38. The zero-order valence-electron chi connectivity index (χ0n) is 10.9. The Morgan fingerprint density at radius 1 is 1.27 bits per heavy atom. The molecule has 1 atom stereocenters. The molecule has 2 saturated heterocycles. The van der Waals surface area contributed by atoms with Gasteiger partial charge in [-0.2, -0.15) is 0 Å². The van der Waals surface area contributed by atoms with Crippen molar-refractivity contribution in [3.63, 3.8) is 0 Å². The molecule has 1 spiro atoms. The maximum atomic E-state index is 2.71. The monoisotopic (exact) mass is 211 g/mol. The van der Waals surface area contributed by atoms with Gasteiger partial charge in [0, 0.05) is 18.9 Å². The lowest BCUT2D eigenvalue weighted by atomic mass is 10.0. The van der Waals surface area contributed by atoms with Gasteiger partial charge in [0.05, 0.1) is 19.6 Å². The Labute approximate surface area is 94.8 Å². The number of hydrogen-bond donors (Lipinski definition) is 0. The van der Waals surface area contributed by atoms with Gasteiger partial charge in [-0.15, -0.1) is 0 Å². The Morgan fingerprint density at radius 2 is 1.87 bits per heavy atom. The zero-order valence-corrected chi connectivity index (χ0v) is 10.9. The van der Waals surface area contributed by atoms with Crippen molar-refractivity contribution in [2.75, 3.05) is 26.3 Å². The Balaban J connectivity index is 2.14. The minimum Gasteiger partial charge on any atom is -0.306 e. The summed E-state index contributed by atoms with van der Waals surface area (Å²) in [7, 11) is 0. The third-order valence-corrected chi connectivity index (χ3v) is 4.96. The Bertz CT molecular complexity index is 229. The van der Waals surface area contributed by atoms with Gasteiger partial charge in [0.25, 0.3) is 0 Å². The maximum absolute atomic E-state index is 2.71. The minimum atomic E-state index is 0.486. The van der Waals surface area contributed by atoms with Gasteiger partial charge in [0.2, 0.25) is 0 Å². The van der Waals surface area contributed by atoms with Crippen molar-refractivity contribution in [3.8, 4) is 0 Å². The van der Waals surface area contributed by atoms with Gasteiger partial charge in [-0.05, 0) is 27.2 Å². The molecule has 0 amide bonds. The van der Waals surface area contributed by atoms with Crippen LogP contribution in [0.5, 0.6) is 0 Å². The predicted octanol–water partition coefficient (Wildman–Crippen LogP) is 2.45. The van der Waals surface area contributed by atoms with Crippen LogP contribution in [0.2, 0.25) is 0 Å². The van der Waals surface area contributed by atoms with Crippen LogP contribution in [0.25, 0.3) is 0 Å². The van der Waals surface area contributed by atoms with Crippen LogP contribution >= 0.6 is 0 Å². The summed E-state index contributed by atoms with van der Waals surface area (Å²) in [5.74, 6) is 0. The predicted molar refractivity (Wildman–Crippen MR) is 64.6 cm³/mol. The highest BCUT2D eigenvalue weighted by Gasteiger charge is 2.53. The van der Waals surface area contributed by atoms with E-state index < -0.39 is 0 Å². The van der Waals surface area contributed by atoms with Gasteiger partial charge in [-0.25, -0.2) is 4.90 Å². The number of nitrogens with zero attached hydrogens (tertiary/aromatic N) is 2. The fourth-order valence-electron chi connectivity index (χ4n) is 3.48. The van der Waals surface area contributed by atoms with Gasteiger partial charge < -0.3 is 4.48 Å². The first-order valence-corrected chi connectivity index (χ1v) is 6.61. The average molecular weight is 211 g/mol. The van der Waals surface area contributed by atoms with Crippen LogP contribution in [0.4, 0.5) is 0 Å². The molecule has 1 unspecified atom stereocenters. The molecule has 2 fully saturated rings. The van der Waals surface area contributed by atoms with Crippen LogP contribution in [-0.2, 0) is 0 Å². The molecule has 0 N–H and O–H groups in total. The van der Waals surface area contributed by atoms with E-state index in [1.165, 1.54) is 50.0 Å². The topological polar surface area (TPSA) is 3.24 Å². The molecule has 15 heavy (non-hydrogen) atoms. The normalized spacial score (nSPS) is 31.2. The summed E-state index contributed by atoms with van der Waals surface area (Å²) in [4.78, 5) is 2.71. The number of hydrogen-bond acceptors (Lipinski definition) is 1. The SMILES string of the molecule is CCC(C)N1CC(C)(C)[N+]2(CCCC2)C1. The van der Waals surface area contributed by atoms with Crippen LogP contribution in [-0.4, -0.2) is 47.3 Å². The summed E-state index contributed by atoms with van der Waals surface area (Å²) in [5.41, 5.74) is 0.486. The molecular weight excluding hydrogens is 184 g/mol. The standard InChI is InChI=1S/C13H27N2/c1-5-12(2)14-10-13(3,4)15(11-14)8-6-7-9-15/h12H,5-11H2,1-4H3/q+1. The van der Waals surface area contributed by atoms with E-state index in [9.17, 15) is 0 Å². The molecule has 0 saturated carbocycles. The van der Waals surface area contributed by atoms with Crippen molar-refractivity contribution in [1.29, 1.82) is 0 Å². The van der Waals surface area contributed by atoms with Crippen molar-refractivity contribution < 1.29 is 4.48 Å². The highest BCUT2D eigenvalue weighted by atomic mass is 15.6.